The van der Waals surface area contributed by atoms with E-state index >= 15 is 0 Å². The molecule has 1 aliphatic carbocycles. The fourth-order valence-electron chi connectivity index (χ4n) is 3.65. The quantitative estimate of drug-likeness (QED) is 0.757. The van der Waals surface area contributed by atoms with Gasteiger partial charge in [0.1, 0.15) is 0 Å². The first-order valence-corrected chi connectivity index (χ1v) is 8.57. The van der Waals surface area contributed by atoms with Gasteiger partial charge in [-0.05, 0) is 23.3 Å². The number of benzene rings is 1. The monoisotopic (exact) mass is 346 g/mol. The van der Waals surface area contributed by atoms with Gasteiger partial charge in [-0.3, -0.25) is 14.6 Å². The van der Waals surface area contributed by atoms with Gasteiger partial charge in [0, 0.05) is 48.5 Å². The fourth-order valence-corrected chi connectivity index (χ4v) is 3.65. The van der Waals surface area contributed by atoms with Crippen molar-refractivity contribution in [2.45, 2.75) is 19.3 Å². The van der Waals surface area contributed by atoms with Crippen LogP contribution in [0.4, 0.5) is 0 Å². The van der Waals surface area contributed by atoms with Crippen LogP contribution in [-0.4, -0.2) is 26.8 Å². The smallest absolute Gasteiger partial charge is 0.307 e. The second-order valence-electron chi connectivity index (χ2n) is 6.60. The summed E-state index contributed by atoms with van der Waals surface area (Å²) >= 11 is 0. The fraction of sp³-hybridized carbons (Fsp3) is 0.190. The Morgan fingerprint density at radius 2 is 1.85 bits per heavy atom. The van der Waals surface area contributed by atoms with E-state index < -0.39 is 11.9 Å². The average molecular weight is 346 g/mol. The molecule has 130 valence electrons. The third-order valence-electron chi connectivity index (χ3n) is 4.88. The number of aliphatic carboxylic acids is 1. The number of aromatic nitrogens is 2. The van der Waals surface area contributed by atoms with E-state index in [1.54, 1.807) is 12.4 Å². The predicted octanol–water partition coefficient (Wildman–Crippen LogP) is 3.50. The first-order valence-electron chi connectivity index (χ1n) is 8.57. The molecule has 1 atom stereocenters. The molecule has 0 saturated carbocycles. The zero-order valence-electron chi connectivity index (χ0n) is 14.1. The van der Waals surface area contributed by atoms with Crippen LogP contribution in [0.2, 0.25) is 0 Å². The molecule has 4 rings (SSSR count). The molecule has 0 aliphatic heterocycles. The number of nitrogens with zero attached hydrogens (tertiary/aromatic N) is 1. The van der Waals surface area contributed by atoms with Crippen LogP contribution in [0, 0.1) is 5.92 Å². The Labute approximate surface area is 150 Å². The molecule has 0 amide bonds. The molecule has 26 heavy (non-hydrogen) atoms. The summed E-state index contributed by atoms with van der Waals surface area (Å²) in [7, 11) is 0. The zero-order chi connectivity index (χ0) is 18.1. The number of fused-ring (bicyclic) bond motifs is 1. The number of rotatable bonds is 4. The van der Waals surface area contributed by atoms with Crippen molar-refractivity contribution in [3.05, 3.63) is 77.2 Å². The van der Waals surface area contributed by atoms with E-state index in [0.29, 0.717) is 18.4 Å². The average Bonchev–Trinajstić information content (AvgIpc) is 3.02. The molecule has 1 aliphatic rings. The molecule has 5 nitrogen and oxygen atoms in total. The normalized spacial score (nSPS) is 16.3. The zero-order valence-corrected chi connectivity index (χ0v) is 14.1. The minimum atomic E-state index is -0.923. The molecular weight excluding hydrogens is 328 g/mol. The molecule has 0 fully saturated rings. The molecule has 1 unspecified atom stereocenters. The van der Waals surface area contributed by atoms with Crippen molar-refractivity contribution in [1.29, 1.82) is 0 Å². The number of carboxylic acid groups (broad SMARTS) is 1. The van der Waals surface area contributed by atoms with E-state index in [-0.39, 0.29) is 12.2 Å². The van der Waals surface area contributed by atoms with Gasteiger partial charge in [-0.15, -0.1) is 0 Å². The highest BCUT2D eigenvalue weighted by Crippen LogP contribution is 2.35. The maximum absolute atomic E-state index is 12.8. The Kier molecular flexibility index (Phi) is 4.13. The van der Waals surface area contributed by atoms with Gasteiger partial charge in [0.2, 0.25) is 0 Å². The minimum absolute atomic E-state index is 0.0533. The van der Waals surface area contributed by atoms with Gasteiger partial charge in [-0.1, -0.05) is 30.3 Å². The molecule has 0 spiro atoms. The summed E-state index contributed by atoms with van der Waals surface area (Å²) in [6.07, 6.45) is 4.45. The Morgan fingerprint density at radius 3 is 2.54 bits per heavy atom. The summed E-state index contributed by atoms with van der Waals surface area (Å²) < 4.78 is 0. The Hall–Kier alpha value is -3.21. The van der Waals surface area contributed by atoms with Crippen molar-refractivity contribution in [3.8, 4) is 11.3 Å². The first kappa shape index (κ1) is 16.3. The van der Waals surface area contributed by atoms with Gasteiger partial charge in [-0.2, -0.15) is 0 Å². The van der Waals surface area contributed by atoms with Gasteiger partial charge >= 0.3 is 5.97 Å². The third-order valence-corrected chi connectivity index (χ3v) is 4.88. The Bertz CT molecular complexity index is 962. The van der Waals surface area contributed by atoms with E-state index in [1.165, 1.54) is 0 Å². The van der Waals surface area contributed by atoms with Crippen LogP contribution in [0.5, 0.6) is 0 Å². The largest absolute Gasteiger partial charge is 0.481 e. The number of hydrogen-bond donors (Lipinski definition) is 2. The van der Waals surface area contributed by atoms with Crippen molar-refractivity contribution in [3.63, 3.8) is 0 Å². The van der Waals surface area contributed by atoms with Gasteiger partial charge in [-0.25, -0.2) is 0 Å². The highest BCUT2D eigenvalue weighted by molar-refractivity contribution is 6.03. The number of aromatic amines is 1. The van der Waals surface area contributed by atoms with Crippen LogP contribution in [0.1, 0.15) is 33.6 Å². The van der Waals surface area contributed by atoms with Crippen molar-refractivity contribution < 1.29 is 14.7 Å². The number of carboxylic acids is 1. The molecule has 0 bridgehead atoms. The first-order chi connectivity index (χ1) is 12.6. The van der Waals surface area contributed by atoms with Crippen molar-refractivity contribution in [1.82, 2.24) is 9.97 Å². The number of H-pyrrole nitrogens is 1. The molecule has 1 aromatic carbocycles. The second-order valence-corrected chi connectivity index (χ2v) is 6.60. The topological polar surface area (TPSA) is 83.0 Å². The summed E-state index contributed by atoms with van der Waals surface area (Å²) in [5, 5.41) is 9.34. The summed E-state index contributed by atoms with van der Waals surface area (Å²) in [5.74, 6) is -1.68. The molecule has 5 heteroatoms. The lowest BCUT2D eigenvalue weighted by Crippen LogP contribution is -2.26. The van der Waals surface area contributed by atoms with Gasteiger partial charge in [0.15, 0.2) is 5.78 Å². The minimum Gasteiger partial charge on any atom is -0.481 e. The van der Waals surface area contributed by atoms with E-state index in [2.05, 4.69) is 9.97 Å². The van der Waals surface area contributed by atoms with E-state index in [9.17, 15) is 14.7 Å². The lowest BCUT2D eigenvalue weighted by molar-refractivity contribution is -0.141. The van der Waals surface area contributed by atoms with E-state index in [1.807, 2.05) is 42.5 Å². The van der Waals surface area contributed by atoms with Crippen molar-refractivity contribution in [2.24, 2.45) is 5.92 Å². The van der Waals surface area contributed by atoms with E-state index in [4.69, 9.17) is 0 Å². The van der Waals surface area contributed by atoms with Crippen LogP contribution in [0.25, 0.3) is 11.3 Å². The van der Waals surface area contributed by atoms with Crippen molar-refractivity contribution in [2.75, 3.05) is 0 Å². The van der Waals surface area contributed by atoms with Crippen molar-refractivity contribution >= 4 is 11.8 Å². The van der Waals surface area contributed by atoms with Gasteiger partial charge < -0.3 is 10.1 Å². The van der Waals surface area contributed by atoms with Gasteiger partial charge in [0.05, 0.1) is 11.6 Å². The number of hydrogen-bond acceptors (Lipinski definition) is 3. The molecule has 2 heterocycles. The van der Waals surface area contributed by atoms with E-state index in [0.717, 1.165) is 28.1 Å². The Balaban J connectivity index is 1.85. The number of Topliss-reactive ketones (excluding diaryl/α,β-unsaturated/α-hetero) is 1. The number of carbonyl (C=O) groups is 2. The number of pyridine rings is 1. The van der Waals surface area contributed by atoms with Crippen LogP contribution >= 0.6 is 0 Å². The Morgan fingerprint density at radius 1 is 1.12 bits per heavy atom. The molecule has 0 radical (unpaired) electrons. The summed E-state index contributed by atoms with van der Waals surface area (Å²) in [5.41, 5.74) is 5.26. The highest BCUT2D eigenvalue weighted by Gasteiger charge is 2.34. The lowest BCUT2D eigenvalue weighted by atomic mass is 9.84. The molecule has 2 aromatic heterocycles. The molecule has 0 saturated heterocycles. The van der Waals surface area contributed by atoms with Crippen LogP contribution in [-0.2, 0) is 17.6 Å². The molecular formula is C21H18N2O3. The standard InChI is InChI=1S/C21H18N2O3/c24-18-12-15(21(25)26)11-17-19(18)16(10-13-4-2-1-3-5-13)20(23-17)14-6-8-22-9-7-14/h1-9,15,23H,10-12H2,(H,25,26). The maximum Gasteiger partial charge on any atom is 0.307 e. The van der Waals surface area contributed by atoms with Crippen LogP contribution in [0.15, 0.2) is 54.9 Å². The molecule has 2 N–H and O–H groups in total. The maximum atomic E-state index is 12.8. The lowest BCUT2D eigenvalue weighted by Gasteiger charge is -2.18. The second kappa shape index (κ2) is 6.59. The van der Waals surface area contributed by atoms with Gasteiger partial charge in [0.25, 0.3) is 0 Å². The number of carbonyl (C=O) groups excluding carboxylic acids is 1. The summed E-state index contributed by atoms with van der Waals surface area (Å²) in [6.45, 7) is 0. The SMILES string of the molecule is O=C1CC(C(=O)O)Cc2[nH]c(-c3ccncc3)c(Cc3ccccc3)c21. The number of nitrogens with one attached hydrogen (secondary N) is 1. The predicted molar refractivity (Wildman–Crippen MR) is 97.0 cm³/mol. The molecule has 3 aromatic rings. The van der Waals surface area contributed by atoms with Crippen LogP contribution in [0.3, 0.4) is 0 Å². The van der Waals surface area contributed by atoms with Crippen LogP contribution < -0.4 is 0 Å². The third kappa shape index (κ3) is 2.92. The summed E-state index contributed by atoms with van der Waals surface area (Å²) in [4.78, 5) is 31.5. The summed E-state index contributed by atoms with van der Waals surface area (Å²) in [6, 6.07) is 13.8. The number of ketones is 1. The highest BCUT2D eigenvalue weighted by atomic mass is 16.4.